The quantitative estimate of drug-likeness (QED) is 0.601. The Morgan fingerprint density at radius 1 is 1.00 bits per heavy atom. The van der Waals surface area contributed by atoms with Crippen molar-refractivity contribution in [2.75, 3.05) is 7.05 Å². The highest BCUT2D eigenvalue weighted by Gasteiger charge is 2.56. The lowest BCUT2D eigenvalue weighted by molar-refractivity contribution is -0.139. The molecule has 4 rings (SSSR count). The molecule has 1 amide bonds. The van der Waals surface area contributed by atoms with Gasteiger partial charge in [0.05, 0.1) is 0 Å². The van der Waals surface area contributed by atoms with E-state index in [0.29, 0.717) is 23.3 Å². The van der Waals surface area contributed by atoms with Crippen LogP contribution in [0.2, 0.25) is 0 Å². The normalized spacial score (nSPS) is 39.7. The van der Waals surface area contributed by atoms with Crippen molar-refractivity contribution >= 4 is 5.91 Å². The second kappa shape index (κ2) is 9.65. The molecule has 0 saturated heterocycles. The summed E-state index contributed by atoms with van der Waals surface area (Å²) in [5.74, 6) is 1.81. The largest absolute Gasteiger partial charge is 0.353 e. The van der Waals surface area contributed by atoms with Crippen molar-refractivity contribution in [3.05, 3.63) is 35.9 Å². The Morgan fingerprint density at radius 3 is 2.26 bits per heavy atom. The molecule has 3 unspecified atom stereocenters. The minimum Gasteiger partial charge on any atom is -0.353 e. The number of carbonyl (C=O) groups excluding carboxylic acids is 1. The van der Waals surface area contributed by atoms with Crippen molar-refractivity contribution in [3.8, 4) is 0 Å². The zero-order valence-corrected chi connectivity index (χ0v) is 20.7. The van der Waals surface area contributed by atoms with Gasteiger partial charge < -0.3 is 11.1 Å². The first kappa shape index (κ1) is 24.3. The van der Waals surface area contributed by atoms with Crippen molar-refractivity contribution < 1.29 is 4.79 Å². The molecule has 1 aromatic carbocycles. The number of nitrogens with one attached hydrogen (secondary N) is 1. The molecule has 0 heterocycles. The number of hydrogen-bond acceptors (Lipinski definition) is 2. The molecule has 0 spiro atoms. The van der Waals surface area contributed by atoms with Gasteiger partial charge in [-0.3, -0.25) is 4.79 Å². The second-order valence-corrected chi connectivity index (χ2v) is 11.6. The first-order chi connectivity index (χ1) is 14.8. The summed E-state index contributed by atoms with van der Waals surface area (Å²) >= 11 is 0. The molecule has 4 atom stereocenters. The van der Waals surface area contributed by atoms with Crippen molar-refractivity contribution in [1.82, 2.24) is 5.32 Å². The van der Waals surface area contributed by atoms with E-state index in [1.807, 2.05) is 0 Å². The average Bonchev–Trinajstić information content (AvgIpc) is 2.76. The Morgan fingerprint density at radius 2 is 1.65 bits per heavy atom. The smallest absolute Gasteiger partial charge is 0.226 e. The molecule has 0 aliphatic heterocycles. The molecule has 3 nitrogen and oxygen atoms in total. The van der Waals surface area contributed by atoms with Gasteiger partial charge in [-0.15, -0.1) is 0 Å². The maximum Gasteiger partial charge on any atom is 0.226 e. The fraction of sp³-hybridized carbons (Fsp3) is 0.750. The van der Waals surface area contributed by atoms with Crippen LogP contribution >= 0.6 is 0 Å². The third kappa shape index (κ3) is 5.18. The molecule has 3 fully saturated rings. The number of amides is 1. The molecule has 174 valence electrons. The van der Waals surface area contributed by atoms with Gasteiger partial charge >= 0.3 is 0 Å². The maximum absolute atomic E-state index is 13.6. The minimum absolute atomic E-state index is 0.153. The highest BCUT2D eigenvalue weighted by atomic mass is 16.2. The van der Waals surface area contributed by atoms with Gasteiger partial charge in [0.1, 0.15) is 0 Å². The molecule has 3 aliphatic rings. The molecule has 3 N–H and O–H groups in total. The molecular weight excluding hydrogens is 380 g/mol. The Kier molecular flexibility index (Phi) is 7.56. The number of benzene rings is 1. The fourth-order valence-electron chi connectivity index (χ4n) is 7.34. The zero-order chi connectivity index (χ0) is 22.7. The van der Waals surface area contributed by atoms with E-state index in [-0.39, 0.29) is 10.8 Å². The standard InChI is InChI=1S/C27H41NO.CH5N/c1-5-25(3)15-21-16-26(4,24(29)28-23-13-11-20(2)12-14-23)19-27(17-21,18-25)22-9-7-6-8-10-22;1-2/h6-10,20-21,23H,5,11-19H2,1-4H3,(H,28,29);2H2,1H3/t20?,21?,23?,25-,26?,27?;/m0./s1. The van der Waals surface area contributed by atoms with Gasteiger partial charge in [0.25, 0.3) is 0 Å². The first-order valence-electron chi connectivity index (χ1n) is 12.7. The van der Waals surface area contributed by atoms with Crippen LogP contribution in [0.15, 0.2) is 30.3 Å². The molecular formula is C28H46N2O. The summed E-state index contributed by atoms with van der Waals surface area (Å²) in [4.78, 5) is 13.6. The highest BCUT2D eigenvalue weighted by Crippen LogP contribution is 2.62. The van der Waals surface area contributed by atoms with Crippen LogP contribution < -0.4 is 11.1 Å². The lowest BCUT2D eigenvalue weighted by Crippen LogP contribution is -2.55. The van der Waals surface area contributed by atoms with Crippen LogP contribution in [-0.4, -0.2) is 19.0 Å². The summed E-state index contributed by atoms with van der Waals surface area (Å²) in [6, 6.07) is 11.5. The topological polar surface area (TPSA) is 55.1 Å². The van der Waals surface area contributed by atoms with Gasteiger partial charge in [0.2, 0.25) is 5.91 Å². The predicted molar refractivity (Wildman–Crippen MR) is 131 cm³/mol. The third-order valence-corrected chi connectivity index (χ3v) is 8.83. The molecule has 0 radical (unpaired) electrons. The van der Waals surface area contributed by atoms with Crippen LogP contribution in [0.5, 0.6) is 0 Å². The summed E-state index contributed by atoms with van der Waals surface area (Å²) in [6.45, 7) is 9.46. The number of carbonyl (C=O) groups is 1. The summed E-state index contributed by atoms with van der Waals surface area (Å²) in [5.41, 5.74) is 6.28. The Balaban J connectivity index is 0.00000132. The first-order valence-corrected chi connectivity index (χ1v) is 12.7. The van der Waals surface area contributed by atoms with Gasteiger partial charge in [-0.1, -0.05) is 64.4 Å². The van der Waals surface area contributed by atoms with E-state index < -0.39 is 0 Å². The van der Waals surface area contributed by atoms with Crippen LogP contribution in [-0.2, 0) is 10.2 Å². The van der Waals surface area contributed by atoms with Crippen LogP contribution in [0.1, 0.15) is 97.5 Å². The van der Waals surface area contributed by atoms with E-state index in [2.05, 4.69) is 69.1 Å². The number of hydrogen-bond donors (Lipinski definition) is 2. The second-order valence-electron chi connectivity index (χ2n) is 11.6. The van der Waals surface area contributed by atoms with Gasteiger partial charge in [-0.25, -0.2) is 0 Å². The monoisotopic (exact) mass is 426 g/mol. The highest BCUT2D eigenvalue weighted by molar-refractivity contribution is 5.83. The molecule has 0 aromatic heterocycles. The summed E-state index contributed by atoms with van der Waals surface area (Å²) < 4.78 is 0. The van der Waals surface area contributed by atoms with Crippen LogP contribution in [0.4, 0.5) is 0 Å². The number of rotatable bonds is 4. The van der Waals surface area contributed by atoms with Gasteiger partial charge in [-0.05, 0) is 93.1 Å². The maximum atomic E-state index is 13.6. The molecule has 3 saturated carbocycles. The van der Waals surface area contributed by atoms with E-state index in [0.717, 1.165) is 31.6 Å². The summed E-state index contributed by atoms with van der Waals surface area (Å²) in [6.07, 6.45) is 11.9. The molecule has 2 bridgehead atoms. The zero-order valence-electron chi connectivity index (χ0n) is 20.7. The number of fused-ring (bicyclic) bond motifs is 2. The Hall–Kier alpha value is -1.35. The predicted octanol–water partition coefficient (Wildman–Crippen LogP) is 6.21. The average molecular weight is 427 g/mol. The Bertz CT molecular complexity index is 726. The van der Waals surface area contributed by atoms with Crippen LogP contribution in [0.3, 0.4) is 0 Å². The van der Waals surface area contributed by atoms with Crippen molar-refractivity contribution in [2.24, 2.45) is 28.4 Å². The van der Waals surface area contributed by atoms with E-state index in [1.54, 1.807) is 0 Å². The summed E-state index contributed by atoms with van der Waals surface area (Å²) in [5, 5.41) is 3.50. The lowest BCUT2D eigenvalue weighted by atomic mass is 9.47. The third-order valence-electron chi connectivity index (χ3n) is 8.83. The molecule has 3 heteroatoms. The van der Waals surface area contributed by atoms with E-state index in [1.165, 1.54) is 51.1 Å². The molecule has 31 heavy (non-hydrogen) atoms. The van der Waals surface area contributed by atoms with Crippen molar-refractivity contribution in [2.45, 2.75) is 103 Å². The van der Waals surface area contributed by atoms with Crippen LogP contribution in [0.25, 0.3) is 0 Å². The SMILES string of the molecule is CC[C@@]1(C)CC2CC(C)(C(=O)NC3CCC(C)CC3)CC(c3ccccc3)(C2)C1.CN. The van der Waals surface area contributed by atoms with E-state index in [9.17, 15) is 4.79 Å². The van der Waals surface area contributed by atoms with Gasteiger partial charge in [0.15, 0.2) is 0 Å². The van der Waals surface area contributed by atoms with Gasteiger partial charge in [-0.2, -0.15) is 0 Å². The minimum atomic E-state index is -0.239. The molecule has 1 aromatic rings. The lowest BCUT2D eigenvalue weighted by Gasteiger charge is -2.58. The van der Waals surface area contributed by atoms with Crippen LogP contribution in [0, 0.1) is 22.7 Å². The number of nitrogens with two attached hydrogens (primary N) is 1. The van der Waals surface area contributed by atoms with E-state index in [4.69, 9.17) is 0 Å². The van der Waals surface area contributed by atoms with Gasteiger partial charge in [0, 0.05) is 11.5 Å². The Labute approximate surface area is 190 Å². The van der Waals surface area contributed by atoms with Crippen molar-refractivity contribution in [3.63, 3.8) is 0 Å². The fourth-order valence-corrected chi connectivity index (χ4v) is 7.34. The molecule has 3 aliphatic carbocycles. The van der Waals surface area contributed by atoms with Crippen molar-refractivity contribution in [1.29, 1.82) is 0 Å². The summed E-state index contributed by atoms with van der Waals surface area (Å²) in [7, 11) is 1.50. The van der Waals surface area contributed by atoms with E-state index >= 15 is 0 Å².